The molecule has 1 aliphatic rings. The van der Waals surface area contributed by atoms with Crippen molar-refractivity contribution in [2.45, 2.75) is 45.2 Å². The number of aromatic nitrogens is 2. The zero-order chi connectivity index (χ0) is 16.1. The first-order valence-corrected chi connectivity index (χ1v) is 8.32. The highest BCUT2D eigenvalue weighted by atomic mass is 16.4. The van der Waals surface area contributed by atoms with Crippen molar-refractivity contribution in [2.75, 3.05) is 18.4 Å². The standard InChI is InChI=1S/C17H24N4O2/c1-2-5-16-19-20-17(23-16)18-14-7-4-9-21(12-14)11-13-6-3-8-15(22)10-13/h3,6,8,10,14,22H,2,4-5,7,9,11-12H2,1H3,(H,18,20)/t14-/m0/s1. The number of hydrogen-bond acceptors (Lipinski definition) is 6. The van der Waals surface area contributed by atoms with Crippen LogP contribution in [0.15, 0.2) is 28.7 Å². The SMILES string of the molecule is CCCc1nnc(N[C@H]2CCCN(Cc3cccc(O)c3)C2)o1. The molecule has 1 aliphatic heterocycles. The maximum atomic E-state index is 9.58. The van der Waals surface area contributed by atoms with Gasteiger partial charge in [-0.1, -0.05) is 24.2 Å². The van der Waals surface area contributed by atoms with Gasteiger partial charge in [0, 0.05) is 25.6 Å². The van der Waals surface area contributed by atoms with Gasteiger partial charge in [-0.25, -0.2) is 0 Å². The number of phenolic OH excluding ortho intramolecular Hbond substituents is 1. The van der Waals surface area contributed by atoms with E-state index < -0.39 is 0 Å². The molecule has 6 heteroatoms. The molecular weight excluding hydrogens is 292 g/mol. The van der Waals surface area contributed by atoms with Gasteiger partial charge in [-0.3, -0.25) is 4.90 Å². The molecule has 0 spiro atoms. The number of anilines is 1. The second kappa shape index (κ2) is 7.46. The van der Waals surface area contributed by atoms with E-state index >= 15 is 0 Å². The minimum Gasteiger partial charge on any atom is -0.508 e. The number of aryl methyl sites for hydroxylation is 1. The maximum absolute atomic E-state index is 9.58. The lowest BCUT2D eigenvalue weighted by atomic mass is 10.0. The molecule has 1 saturated heterocycles. The van der Waals surface area contributed by atoms with E-state index in [2.05, 4.69) is 27.3 Å². The number of rotatable bonds is 6. The van der Waals surface area contributed by atoms with Crippen LogP contribution < -0.4 is 5.32 Å². The highest BCUT2D eigenvalue weighted by Gasteiger charge is 2.21. The van der Waals surface area contributed by atoms with Gasteiger partial charge in [-0.2, -0.15) is 0 Å². The summed E-state index contributed by atoms with van der Waals surface area (Å²) in [7, 11) is 0. The Kier molecular flexibility index (Phi) is 5.12. The highest BCUT2D eigenvalue weighted by molar-refractivity contribution is 5.27. The first-order chi connectivity index (χ1) is 11.2. The number of likely N-dealkylation sites (tertiary alicyclic amines) is 1. The summed E-state index contributed by atoms with van der Waals surface area (Å²) >= 11 is 0. The third-order valence-corrected chi connectivity index (χ3v) is 4.08. The van der Waals surface area contributed by atoms with Gasteiger partial charge in [-0.15, -0.1) is 5.10 Å². The Labute approximate surface area is 136 Å². The van der Waals surface area contributed by atoms with Crippen molar-refractivity contribution in [1.29, 1.82) is 0 Å². The Morgan fingerprint density at radius 3 is 3.13 bits per heavy atom. The molecule has 3 rings (SSSR count). The van der Waals surface area contributed by atoms with Gasteiger partial charge < -0.3 is 14.8 Å². The number of nitrogens with zero attached hydrogens (tertiary/aromatic N) is 3. The predicted octanol–water partition coefficient (Wildman–Crippen LogP) is 2.80. The molecule has 6 nitrogen and oxygen atoms in total. The van der Waals surface area contributed by atoms with Crippen molar-refractivity contribution in [3.63, 3.8) is 0 Å². The lowest BCUT2D eigenvalue weighted by Gasteiger charge is -2.32. The summed E-state index contributed by atoms with van der Waals surface area (Å²) in [6.45, 7) is 4.94. The minimum absolute atomic E-state index is 0.316. The van der Waals surface area contributed by atoms with Gasteiger partial charge >= 0.3 is 6.01 Å². The molecule has 1 aromatic heterocycles. The molecule has 2 N–H and O–H groups in total. The van der Waals surface area contributed by atoms with Crippen LogP contribution in [0.25, 0.3) is 0 Å². The normalized spacial score (nSPS) is 18.9. The van der Waals surface area contributed by atoms with Crippen LogP contribution in [0.1, 0.15) is 37.6 Å². The van der Waals surface area contributed by atoms with Gasteiger partial charge in [-0.05, 0) is 43.5 Å². The van der Waals surface area contributed by atoms with Crippen molar-refractivity contribution in [3.8, 4) is 5.75 Å². The third kappa shape index (κ3) is 4.45. The Hall–Kier alpha value is -2.08. The number of nitrogens with one attached hydrogen (secondary N) is 1. The zero-order valence-electron chi connectivity index (χ0n) is 13.5. The van der Waals surface area contributed by atoms with Crippen LogP contribution >= 0.6 is 0 Å². The average Bonchev–Trinajstić information content (AvgIpc) is 2.95. The van der Waals surface area contributed by atoms with Crippen LogP contribution in [0.2, 0.25) is 0 Å². The van der Waals surface area contributed by atoms with Gasteiger partial charge in [0.2, 0.25) is 5.89 Å². The summed E-state index contributed by atoms with van der Waals surface area (Å²) in [6, 6.07) is 8.30. The van der Waals surface area contributed by atoms with E-state index in [0.717, 1.165) is 50.9 Å². The topological polar surface area (TPSA) is 74.4 Å². The molecule has 1 fully saturated rings. The van der Waals surface area contributed by atoms with E-state index in [1.807, 2.05) is 18.2 Å². The maximum Gasteiger partial charge on any atom is 0.315 e. The fraction of sp³-hybridized carbons (Fsp3) is 0.529. The van der Waals surface area contributed by atoms with Gasteiger partial charge in [0.15, 0.2) is 0 Å². The summed E-state index contributed by atoms with van der Waals surface area (Å²) in [5.74, 6) is 1.02. The second-order valence-electron chi connectivity index (χ2n) is 6.14. The Morgan fingerprint density at radius 2 is 2.30 bits per heavy atom. The van der Waals surface area contributed by atoms with Crippen LogP contribution in [0.4, 0.5) is 6.01 Å². The fourth-order valence-corrected chi connectivity index (χ4v) is 3.03. The Bertz CT molecular complexity index is 629. The molecule has 0 aliphatic carbocycles. The Balaban J connectivity index is 1.55. The van der Waals surface area contributed by atoms with E-state index in [4.69, 9.17) is 4.42 Å². The molecule has 2 heterocycles. The van der Waals surface area contributed by atoms with Crippen molar-refractivity contribution in [1.82, 2.24) is 15.1 Å². The van der Waals surface area contributed by atoms with E-state index in [0.29, 0.717) is 23.7 Å². The van der Waals surface area contributed by atoms with E-state index in [1.54, 1.807) is 6.07 Å². The smallest absolute Gasteiger partial charge is 0.315 e. The summed E-state index contributed by atoms with van der Waals surface area (Å²) in [6.07, 6.45) is 4.06. The lowest BCUT2D eigenvalue weighted by Crippen LogP contribution is -2.41. The van der Waals surface area contributed by atoms with Gasteiger partial charge in [0.25, 0.3) is 0 Å². The van der Waals surface area contributed by atoms with Crippen LogP contribution in [0.5, 0.6) is 5.75 Å². The van der Waals surface area contributed by atoms with Crippen LogP contribution in [-0.4, -0.2) is 39.3 Å². The number of hydrogen-bond donors (Lipinski definition) is 2. The van der Waals surface area contributed by atoms with Gasteiger partial charge in [0.05, 0.1) is 0 Å². The largest absolute Gasteiger partial charge is 0.508 e. The van der Waals surface area contributed by atoms with Crippen LogP contribution in [-0.2, 0) is 13.0 Å². The summed E-state index contributed by atoms with van der Waals surface area (Å²) in [5.41, 5.74) is 1.13. The molecule has 0 saturated carbocycles. The quantitative estimate of drug-likeness (QED) is 0.853. The Morgan fingerprint density at radius 1 is 1.39 bits per heavy atom. The van der Waals surface area contributed by atoms with Crippen LogP contribution in [0, 0.1) is 0 Å². The summed E-state index contributed by atoms with van der Waals surface area (Å²) in [5, 5.41) is 21.0. The fourth-order valence-electron chi connectivity index (χ4n) is 3.03. The number of benzene rings is 1. The molecule has 1 aromatic carbocycles. The number of piperidine rings is 1. The average molecular weight is 316 g/mol. The molecule has 0 bridgehead atoms. The molecule has 0 radical (unpaired) electrons. The number of aromatic hydroxyl groups is 1. The molecule has 0 unspecified atom stereocenters. The molecule has 124 valence electrons. The van der Waals surface area contributed by atoms with Gasteiger partial charge in [0.1, 0.15) is 5.75 Å². The highest BCUT2D eigenvalue weighted by Crippen LogP contribution is 2.19. The molecule has 1 atom stereocenters. The van der Waals surface area contributed by atoms with Crippen molar-refractivity contribution in [2.24, 2.45) is 0 Å². The van der Waals surface area contributed by atoms with E-state index in [9.17, 15) is 5.11 Å². The second-order valence-corrected chi connectivity index (χ2v) is 6.14. The first kappa shape index (κ1) is 15.8. The van der Waals surface area contributed by atoms with E-state index in [1.165, 1.54) is 0 Å². The van der Waals surface area contributed by atoms with Crippen LogP contribution in [0.3, 0.4) is 0 Å². The molecule has 2 aromatic rings. The molecular formula is C17H24N4O2. The van der Waals surface area contributed by atoms with Crippen molar-refractivity contribution >= 4 is 6.01 Å². The summed E-state index contributed by atoms with van der Waals surface area (Å²) < 4.78 is 5.61. The molecule has 0 amide bonds. The monoisotopic (exact) mass is 316 g/mol. The lowest BCUT2D eigenvalue weighted by molar-refractivity contribution is 0.207. The molecule has 23 heavy (non-hydrogen) atoms. The predicted molar refractivity (Wildman–Crippen MR) is 88.3 cm³/mol. The third-order valence-electron chi connectivity index (χ3n) is 4.08. The van der Waals surface area contributed by atoms with E-state index in [-0.39, 0.29) is 0 Å². The van der Waals surface area contributed by atoms with Crippen molar-refractivity contribution in [3.05, 3.63) is 35.7 Å². The number of phenols is 1. The zero-order valence-corrected chi connectivity index (χ0v) is 13.5. The minimum atomic E-state index is 0.316. The van der Waals surface area contributed by atoms with Crippen molar-refractivity contribution < 1.29 is 9.52 Å². The first-order valence-electron chi connectivity index (χ1n) is 8.32. The summed E-state index contributed by atoms with van der Waals surface area (Å²) in [4.78, 5) is 2.39.